The molecule has 0 spiro atoms. The van der Waals surface area contributed by atoms with E-state index in [-0.39, 0.29) is 11.4 Å². The van der Waals surface area contributed by atoms with Crippen LogP contribution >= 0.6 is 11.6 Å². The van der Waals surface area contributed by atoms with Crippen LogP contribution in [0.3, 0.4) is 0 Å². The Kier molecular flexibility index (Phi) is 6.25. The standard InChI is InChI=1S/C25H22ClF3N4O5/c1-30-18-8-7-15(9-19(18)32(23(30)37)10-13-5-6-13)31-12-16(22(35)36)21(34)33(24(31)38)11-14-3-2-4-17(26)20(14)25(27,28)29/h2-4,7-9,13,16H,5-6,10-12H2,1H3,(H,35,36). The second-order valence-electron chi connectivity index (χ2n) is 9.55. The van der Waals surface area contributed by atoms with E-state index in [0.29, 0.717) is 28.4 Å². The molecule has 2 fully saturated rings. The van der Waals surface area contributed by atoms with Gasteiger partial charge in [0.05, 0.1) is 28.2 Å². The summed E-state index contributed by atoms with van der Waals surface area (Å²) in [5.74, 6) is -3.99. The summed E-state index contributed by atoms with van der Waals surface area (Å²) in [6.07, 6.45) is -2.88. The summed E-state index contributed by atoms with van der Waals surface area (Å²) in [4.78, 5) is 52.7. The molecule has 2 aliphatic rings. The molecular weight excluding hydrogens is 529 g/mol. The maximum absolute atomic E-state index is 13.7. The van der Waals surface area contributed by atoms with Gasteiger partial charge in [0.25, 0.3) is 0 Å². The first kappa shape index (κ1) is 25.8. The zero-order valence-corrected chi connectivity index (χ0v) is 20.8. The van der Waals surface area contributed by atoms with Gasteiger partial charge in [-0.3, -0.25) is 28.5 Å². The molecule has 13 heteroatoms. The van der Waals surface area contributed by atoms with E-state index in [1.54, 1.807) is 23.7 Å². The lowest BCUT2D eigenvalue weighted by atomic mass is 10.0. The highest BCUT2D eigenvalue weighted by Gasteiger charge is 2.45. The minimum atomic E-state index is -4.87. The van der Waals surface area contributed by atoms with Crippen molar-refractivity contribution in [2.45, 2.75) is 32.1 Å². The van der Waals surface area contributed by atoms with Gasteiger partial charge in [0.1, 0.15) is 0 Å². The SMILES string of the molecule is Cn1c(=O)n(CC2CC2)c2cc(N3CC(C(=O)O)C(=O)N(Cc4cccc(Cl)c4C(F)(F)F)C3=O)ccc21. The Labute approximate surface area is 218 Å². The molecule has 38 heavy (non-hydrogen) atoms. The van der Waals surface area contributed by atoms with Gasteiger partial charge in [-0.2, -0.15) is 13.2 Å². The molecule has 5 rings (SSSR count). The molecule has 1 saturated carbocycles. The largest absolute Gasteiger partial charge is 0.481 e. The Bertz CT molecular complexity index is 1540. The Morgan fingerprint density at radius 2 is 1.82 bits per heavy atom. The van der Waals surface area contributed by atoms with E-state index in [1.807, 2.05) is 0 Å². The second kappa shape index (κ2) is 9.19. The fourth-order valence-corrected chi connectivity index (χ4v) is 5.10. The fourth-order valence-electron chi connectivity index (χ4n) is 4.80. The number of alkyl halides is 3. The Balaban J connectivity index is 1.57. The average molecular weight is 551 g/mol. The number of fused-ring (bicyclic) bond motifs is 1. The fraction of sp³-hybridized carbons (Fsp3) is 0.360. The minimum absolute atomic E-state index is 0.212. The summed E-state index contributed by atoms with van der Waals surface area (Å²) in [5, 5.41) is 9.09. The van der Waals surface area contributed by atoms with E-state index in [4.69, 9.17) is 11.6 Å². The van der Waals surface area contributed by atoms with E-state index >= 15 is 0 Å². The first-order chi connectivity index (χ1) is 17.9. The lowest BCUT2D eigenvalue weighted by molar-refractivity contribution is -0.151. The highest BCUT2D eigenvalue weighted by molar-refractivity contribution is 6.31. The van der Waals surface area contributed by atoms with Crippen LogP contribution in [0, 0.1) is 11.8 Å². The third-order valence-corrected chi connectivity index (χ3v) is 7.29. The summed E-state index contributed by atoms with van der Waals surface area (Å²) < 4.78 is 44.2. The van der Waals surface area contributed by atoms with E-state index in [2.05, 4.69) is 0 Å². The number of carboxylic acid groups (broad SMARTS) is 1. The maximum Gasteiger partial charge on any atom is 0.418 e. The summed E-state index contributed by atoms with van der Waals surface area (Å²) in [5.41, 5.74) is -0.562. The van der Waals surface area contributed by atoms with Crippen molar-refractivity contribution in [1.29, 1.82) is 0 Å². The number of benzene rings is 2. The molecule has 1 aliphatic heterocycles. The van der Waals surface area contributed by atoms with Crippen LogP contribution in [0.25, 0.3) is 11.0 Å². The number of carbonyl (C=O) groups excluding carboxylic acids is 2. The molecule has 200 valence electrons. The van der Waals surface area contributed by atoms with Crippen LogP contribution in [0.15, 0.2) is 41.2 Å². The third-order valence-electron chi connectivity index (χ3n) is 6.98. The van der Waals surface area contributed by atoms with Gasteiger partial charge in [0.2, 0.25) is 5.91 Å². The molecule has 0 bridgehead atoms. The zero-order chi connectivity index (χ0) is 27.5. The molecule has 9 nitrogen and oxygen atoms in total. The number of anilines is 1. The molecule has 3 aromatic rings. The molecule has 1 unspecified atom stereocenters. The van der Waals surface area contributed by atoms with Gasteiger partial charge in [-0.25, -0.2) is 9.59 Å². The third kappa shape index (κ3) is 4.42. The molecule has 2 heterocycles. The maximum atomic E-state index is 13.7. The molecule has 1 aromatic heterocycles. The van der Waals surface area contributed by atoms with Gasteiger partial charge in [0.15, 0.2) is 5.92 Å². The highest BCUT2D eigenvalue weighted by atomic mass is 35.5. The molecule has 1 aliphatic carbocycles. The van der Waals surface area contributed by atoms with Crippen molar-refractivity contribution in [3.05, 3.63) is 63.0 Å². The predicted molar refractivity (Wildman–Crippen MR) is 131 cm³/mol. The normalized spacial score (nSPS) is 18.5. The van der Waals surface area contributed by atoms with Crippen molar-refractivity contribution < 1.29 is 32.7 Å². The molecule has 1 saturated heterocycles. The lowest BCUT2D eigenvalue weighted by Gasteiger charge is -2.37. The molecular formula is C25H22ClF3N4O5. The highest BCUT2D eigenvalue weighted by Crippen LogP contribution is 2.38. The van der Waals surface area contributed by atoms with Crippen LogP contribution in [0.4, 0.5) is 23.7 Å². The van der Waals surface area contributed by atoms with Crippen LogP contribution < -0.4 is 10.6 Å². The number of amides is 3. The van der Waals surface area contributed by atoms with E-state index in [1.165, 1.54) is 16.7 Å². The van der Waals surface area contributed by atoms with Gasteiger partial charge < -0.3 is 5.11 Å². The topological polar surface area (TPSA) is 105 Å². The van der Waals surface area contributed by atoms with Crippen molar-refractivity contribution in [3.8, 4) is 0 Å². The van der Waals surface area contributed by atoms with E-state index in [0.717, 1.165) is 29.9 Å². The number of imidazole rings is 1. The van der Waals surface area contributed by atoms with Crippen LogP contribution in [0.5, 0.6) is 0 Å². The number of rotatable bonds is 6. The summed E-state index contributed by atoms with van der Waals surface area (Å²) >= 11 is 5.79. The number of hydrogen-bond donors (Lipinski definition) is 1. The minimum Gasteiger partial charge on any atom is -0.481 e. The number of halogens is 4. The van der Waals surface area contributed by atoms with E-state index in [9.17, 15) is 37.5 Å². The number of hydrogen-bond acceptors (Lipinski definition) is 4. The Morgan fingerprint density at radius 1 is 1.11 bits per heavy atom. The van der Waals surface area contributed by atoms with Crippen LogP contribution in [0.2, 0.25) is 5.02 Å². The zero-order valence-electron chi connectivity index (χ0n) is 20.0. The number of imide groups is 1. The summed E-state index contributed by atoms with van der Waals surface area (Å²) in [6, 6.07) is 7.07. The van der Waals surface area contributed by atoms with Gasteiger partial charge >= 0.3 is 23.9 Å². The van der Waals surface area contributed by atoms with Gasteiger partial charge in [-0.1, -0.05) is 23.7 Å². The number of aromatic nitrogens is 2. The second-order valence-corrected chi connectivity index (χ2v) is 9.96. The van der Waals surface area contributed by atoms with Crippen molar-refractivity contribution in [1.82, 2.24) is 14.0 Å². The summed E-state index contributed by atoms with van der Waals surface area (Å²) in [6.45, 7) is -0.853. The first-order valence-corrected chi connectivity index (χ1v) is 12.2. The van der Waals surface area contributed by atoms with Gasteiger partial charge in [-0.15, -0.1) is 0 Å². The summed E-state index contributed by atoms with van der Waals surface area (Å²) in [7, 11) is 1.61. The van der Waals surface area contributed by atoms with Crippen LogP contribution in [-0.2, 0) is 35.9 Å². The Hall–Kier alpha value is -3.80. The molecule has 3 amide bonds. The average Bonchev–Trinajstić information content (AvgIpc) is 3.63. The van der Waals surface area contributed by atoms with Crippen molar-refractivity contribution in [3.63, 3.8) is 0 Å². The number of nitrogens with zero attached hydrogens (tertiary/aromatic N) is 4. The monoisotopic (exact) mass is 550 g/mol. The number of carboxylic acids is 1. The van der Waals surface area contributed by atoms with Crippen molar-refractivity contribution in [2.75, 3.05) is 11.4 Å². The predicted octanol–water partition coefficient (Wildman–Crippen LogP) is 4.09. The van der Waals surface area contributed by atoms with Gasteiger partial charge in [-0.05, 0) is 48.6 Å². The molecule has 2 aromatic carbocycles. The van der Waals surface area contributed by atoms with Crippen molar-refractivity contribution >= 4 is 46.2 Å². The number of carbonyl (C=O) groups is 3. The quantitative estimate of drug-likeness (QED) is 0.466. The number of aliphatic carboxylic acids is 1. The lowest BCUT2D eigenvalue weighted by Crippen LogP contribution is -2.58. The van der Waals surface area contributed by atoms with E-state index < -0.39 is 59.2 Å². The number of urea groups is 1. The van der Waals surface area contributed by atoms with Crippen LogP contribution in [-0.4, -0.2) is 43.6 Å². The molecule has 0 radical (unpaired) electrons. The molecule has 1 N–H and O–H groups in total. The van der Waals surface area contributed by atoms with Crippen LogP contribution in [0.1, 0.15) is 24.0 Å². The smallest absolute Gasteiger partial charge is 0.418 e. The Morgan fingerprint density at radius 3 is 2.45 bits per heavy atom. The molecule has 1 atom stereocenters. The number of aryl methyl sites for hydroxylation is 1. The first-order valence-electron chi connectivity index (χ1n) is 11.8. The van der Waals surface area contributed by atoms with Gasteiger partial charge in [0, 0.05) is 25.8 Å². The van der Waals surface area contributed by atoms with Crippen molar-refractivity contribution in [2.24, 2.45) is 18.9 Å².